The molecule has 1 aromatic carbocycles. The molecule has 9 heteroatoms. The number of halogens is 2. The zero-order valence-corrected chi connectivity index (χ0v) is 12.6. The van der Waals surface area contributed by atoms with Gasteiger partial charge < -0.3 is 25.8 Å². The molecule has 21 heavy (non-hydrogen) atoms. The number of hydrogen-bond donors (Lipinski definition) is 3. The molecular weight excluding hydrogens is 321 g/mol. The van der Waals surface area contributed by atoms with Crippen LogP contribution in [-0.4, -0.2) is 38.1 Å². The minimum Gasteiger partial charge on any atom is -0.486 e. The van der Waals surface area contributed by atoms with E-state index in [0.29, 0.717) is 35.4 Å². The van der Waals surface area contributed by atoms with E-state index in [1.54, 1.807) is 12.1 Å². The fourth-order valence-electron chi connectivity index (χ4n) is 1.61. The van der Waals surface area contributed by atoms with E-state index >= 15 is 0 Å². The quantitative estimate of drug-likeness (QED) is 0.745. The number of carbonyl (C=O) groups excluding carboxylic acids is 2. The van der Waals surface area contributed by atoms with Gasteiger partial charge in [0.1, 0.15) is 13.2 Å². The molecule has 2 amide bonds. The van der Waals surface area contributed by atoms with Crippen LogP contribution in [0.25, 0.3) is 0 Å². The van der Waals surface area contributed by atoms with E-state index in [2.05, 4.69) is 10.6 Å². The van der Waals surface area contributed by atoms with Gasteiger partial charge in [0.2, 0.25) is 11.8 Å². The first-order valence-electron chi connectivity index (χ1n) is 5.96. The Morgan fingerprint density at radius 3 is 2.43 bits per heavy atom. The molecule has 0 saturated carbocycles. The molecule has 0 fully saturated rings. The first-order valence-corrected chi connectivity index (χ1v) is 6.33. The number of ether oxygens (including phenoxy) is 2. The van der Waals surface area contributed by atoms with Gasteiger partial charge in [0.15, 0.2) is 11.5 Å². The average molecular weight is 336 g/mol. The van der Waals surface area contributed by atoms with Gasteiger partial charge in [0, 0.05) is 12.1 Å². The van der Waals surface area contributed by atoms with Crippen molar-refractivity contribution < 1.29 is 19.1 Å². The van der Waals surface area contributed by atoms with Crippen LogP contribution in [0.1, 0.15) is 0 Å². The van der Waals surface area contributed by atoms with E-state index in [-0.39, 0.29) is 25.5 Å². The van der Waals surface area contributed by atoms with Gasteiger partial charge in [-0.2, -0.15) is 0 Å². The zero-order valence-electron chi connectivity index (χ0n) is 11.0. The Morgan fingerprint density at radius 1 is 1.19 bits per heavy atom. The molecule has 1 heterocycles. The Balaban J connectivity index is 0.00000220. The summed E-state index contributed by atoms with van der Waals surface area (Å²) in [4.78, 5) is 22.6. The van der Waals surface area contributed by atoms with Crippen LogP contribution in [0.4, 0.5) is 5.69 Å². The van der Waals surface area contributed by atoms with E-state index in [4.69, 9.17) is 26.8 Å². The number of fused-ring (bicyclic) bond motifs is 1. The molecule has 1 aromatic rings. The van der Waals surface area contributed by atoms with E-state index in [1.807, 2.05) is 0 Å². The van der Waals surface area contributed by atoms with Crippen LogP contribution < -0.4 is 25.8 Å². The highest BCUT2D eigenvalue weighted by Gasteiger charge is 2.16. The van der Waals surface area contributed by atoms with Crippen molar-refractivity contribution in [3.63, 3.8) is 0 Å². The summed E-state index contributed by atoms with van der Waals surface area (Å²) in [6, 6.07) is 3.16. The molecule has 1 aliphatic heterocycles. The largest absolute Gasteiger partial charge is 0.486 e. The third kappa shape index (κ3) is 4.66. The van der Waals surface area contributed by atoms with Crippen LogP contribution >= 0.6 is 24.0 Å². The van der Waals surface area contributed by atoms with Gasteiger partial charge in [-0.3, -0.25) is 9.59 Å². The average Bonchev–Trinajstić information content (AvgIpc) is 2.45. The highest BCUT2D eigenvalue weighted by molar-refractivity contribution is 6.34. The maximum atomic E-state index is 11.7. The maximum absolute atomic E-state index is 11.7. The smallest absolute Gasteiger partial charge is 0.243 e. The van der Waals surface area contributed by atoms with Gasteiger partial charge in [0.05, 0.1) is 23.8 Å². The van der Waals surface area contributed by atoms with Gasteiger partial charge >= 0.3 is 0 Å². The third-order valence-corrected chi connectivity index (χ3v) is 2.85. The number of carbonyl (C=O) groups is 2. The van der Waals surface area contributed by atoms with Crippen molar-refractivity contribution in [3.05, 3.63) is 17.2 Å². The molecular formula is C12H15Cl2N3O4. The molecule has 2 rings (SSSR count). The lowest BCUT2D eigenvalue weighted by atomic mass is 10.2. The molecule has 0 aromatic heterocycles. The second-order valence-corrected chi connectivity index (χ2v) is 4.41. The Bertz CT molecular complexity index is 539. The molecule has 7 nitrogen and oxygen atoms in total. The lowest BCUT2D eigenvalue weighted by molar-refractivity contribution is -0.123. The normalized spacial score (nSPS) is 12.1. The van der Waals surface area contributed by atoms with E-state index < -0.39 is 11.8 Å². The van der Waals surface area contributed by atoms with Crippen molar-refractivity contribution in [2.45, 2.75) is 0 Å². The van der Waals surface area contributed by atoms with E-state index in [9.17, 15) is 9.59 Å². The number of nitrogens with one attached hydrogen (secondary N) is 2. The van der Waals surface area contributed by atoms with E-state index in [1.165, 1.54) is 0 Å². The van der Waals surface area contributed by atoms with Gasteiger partial charge in [-0.25, -0.2) is 0 Å². The Kier molecular flexibility index (Phi) is 6.54. The molecule has 0 aliphatic carbocycles. The van der Waals surface area contributed by atoms with Gasteiger partial charge in [0.25, 0.3) is 0 Å². The number of hydrogen-bond acceptors (Lipinski definition) is 5. The van der Waals surface area contributed by atoms with Crippen LogP contribution in [0.3, 0.4) is 0 Å². The SMILES string of the molecule is Cl.NCC(=O)NCC(=O)Nc1cc2c(cc1Cl)OCCO2. The van der Waals surface area contributed by atoms with Gasteiger partial charge in [-0.15, -0.1) is 12.4 Å². The first kappa shape index (κ1) is 17.4. The summed E-state index contributed by atoms with van der Waals surface area (Å²) in [7, 11) is 0. The van der Waals surface area contributed by atoms with Crippen molar-refractivity contribution in [1.82, 2.24) is 5.32 Å². The number of benzene rings is 1. The highest BCUT2D eigenvalue weighted by Crippen LogP contribution is 2.37. The number of amides is 2. The lowest BCUT2D eigenvalue weighted by Crippen LogP contribution is -2.36. The summed E-state index contributed by atoms with van der Waals surface area (Å²) in [5, 5.41) is 5.26. The second kappa shape index (κ2) is 7.92. The van der Waals surface area contributed by atoms with Crippen LogP contribution in [0, 0.1) is 0 Å². The van der Waals surface area contributed by atoms with Crippen LogP contribution in [0.15, 0.2) is 12.1 Å². The maximum Gasteiger partial charge on any atom is 0.243 e. The summed E-state index contributed by atoms with van der Waals surface area (Å²) < 4.78 is 10.8. The predicted octanol–water partition coefficient (Wildman–Crippen LogP) is 0.546. The lowest BCUT2D eigenvalue weighted by Gasteiger charge is -2.20. The summed E-state index contributed by atoms with van der Waals surface area (Å²) in [6.45, 7) is 0.549. The Hall–Kier alpha value is -1.70. The predicted molar refractivity (Wildman–Crippen MR) is 80.4 cm³/mol. The van der Waals surface area contributed by atoms with Crippen LogP contribution in [0.5, 0.6) is 11.5 Å². The molecule has 0 bridgehead atoms. The molecule has 4 N–H and O–H groups in total. The standard InChI is InChI=1S/C12H14ClN3O4.ClH/c13-7-3-9-10(20-2-1-19-9)4-8(7)16-12(18)6-15-11(17)5-14;/h3-4H,1-2,5-6,14H2,(H,15,17)(H,16,18);1H. The van der Waals surface area contributed by atoms with Crippen LogP contribution in [0.2, 0.25) is 5.02 Å². The molecule has 0 unspecified atom stereocenters. The monoisotopic (exact) mass is 335 g/mol. The molecule has 0 radical (unpaired) electrons. The second-order valence-electron chi connectivity index (χ2n) is 4.00. The van der Waals surface area contributed by atoms with Crippen molar-refractivity contribution in [2.75, 3.05) is 31.6 Å². The van der Waals surface area contributed by atoms with Crippen molar-refractivity contribution >= 4 is 41.5 Å². The summed E-state index contributed by atoms with van der Waals surface area (Å²) >= 11 is 6.04. The number of rotatable bonds is 4. The molecule has 0 spiro atoms. The van der Waals surface area contributed by atoms with Gasteiger partial charge in [-0.05, 0) is 0 Å². The van der Waals surface area contributed by atoms with Crippen molar-refractivity contribution in [2.24, 2.45) is 5.73 Å². The van der Waals surface area contributed by atoms with E-state index in [0.717, 1.165) is 0 Å². The fraction of sp³-hybridized carbons (Fsp3) is 0.333. The highest BCUT2D eigenvalue weighted by atomic mass is 35.5. The first-order chi connectivity index (χ1) is 9.60. The fourth-order valence-corrected chi connectivity index (χ4v) is 1.81. The van der Waals surface area contributed by atoms with Crippen LogP contribution in [-0.2, 0) is 9.59 Å². The number of anilines is 1. The summed E-state index contributed by atoms with van der Waals surface area (Å²) in [6.07, 6.45) is 0. The van der Waals surface area contributed by atoms with Gasteiger partial charge in [-0.1, -0.05) is 11.6 Å². The molecule has 1 aliphatic rings. The topological polar surface area (TPSA) is 103 Å². The molecule has 116 valence electrons. The molecule has 0 saturated heterocycles. The minimum atomic E-state index is -0.412. The number of nitrogens with two attached hydrogens (primary N) is 1. The zero-order chi connectivity index (χ0) is 14.5. The minimum absolute atomic E-state index is 0. The summed E-state index contributed by atoms with van der Waals surface area (Å²) in [5.41, 5.74) is 5.51. The Labute approximate surface area is 132 Å². The van der Waals surface area contributed by atoms with Crippen molar-refractivity contribution in [1.29, 1.82) is 0 Å². The Morgan fingerprint density at radius 2 is 1.81 bits per heavy atom. The summed E-state index contributed by atoms with van der Waals surface area (Å²) in [5.74, 6) is 0.233. The molecule has 0 atom stereocenters. The third-order valence-electron chi connectivity index (χ3n) is 2.54. The van der Waals surface area contributed by atoms with Crippen molar-refractivity contribution in [3.8, 4) is 11.5 Å².